The molecule has 12 saturated carbocycles. The summed E-state index contributed by atoms with van der Waals surface area (Å²) in [4.78, 5) is 110. The van der Waals surface area contributed by atoms with Crippen LogP contribution in [0, 0.1) is 45.3 Å². The third-order valence-electron chi connectivity index (χ3n) is 21.7. The number of carboxylic acid groups (broad SMARTS) is 1. The Hall–Kier alpha value is -8.11. The molecule has 0 saturated heterocycles. The molecular weight excluding hydrogens is 1530 g/mol. The van der Waals surface area contributed by atoms with Gasteiger partial charge in [-0.1, -0.05) is 72.9 Å². The molecule has 0 atom stereocenters. The zero-order valence-electron chi connectivity index (χ0n) is 59.3. The summed E-state index contributed by atoms with van der Waals surface area (Å²) < 4.78 is 121. The number of halogens is 10. The van der Waals surface area contributed by atoms with E-state index in [-0.39, 0.29) is 106 Å². The summed E-state index contributed by atoms with van der Waals surface area (Å²) in [6.45, 7) is 9.01. The van der Waals surface area contributed by atoms with Crippen molar-refractivity contribution in [1.82, 2.24) is 57.3 Å². The predicted octanol–water partition coefficient (Wildman–Crippen LogP) is 12.3. The molecule has 0 amide bonds. The van der Waals surface area contributed by atoms with Gasteiger partial charge in [0.25, 0.3) is 11.1 Å². The minimum absolute atomic E-state index is 0.00521. The Labute approximate surface area is 633 Å². The third-order valence-corrected chi connectivity index (χ3v) is 22.8. The molecular formula is C71H80Cl4F6N12O14S. The van der Waals surface area contributed by atoms with E-state index >= 15 is 0 Å². The lowest BCUT2D eigenvalue weighted by Crippen LogP contribution is -2.57. The molecule has 108 heavy (non-hydrogen) atoms. The Balaban J connectivity index is 0.000000150. The van der Waals surface area contributed by atoms with Crippen LogP contribution in [-0.2, 0) is 100 Å². The summed E-state index contributed by atoms with van der Waals surface area (Å²) in [5, 5.41) is 17.1. The van der Waals surface area contributed by atoms with Crippen LogP contribution in [0.3, 0.4) is 0 Å². The molecule has 0 aliphatic heterocycles. The van der Waals surface area contributed by atoms with E-state index in [0.29, 0.717) is 72.3 Å². The lowest BCUT2D eigenvalue weighted by atomic mass is 9.42. The van der Waals surface area contributed by atoms with E-state index in [1.54, 1.807) is 42.9 Å². The number of hydrogen-bond donors (Lipinski definition) is 2. The van der Waals surface area contributed by atoms with Crippen LogP contribution in [0.4, 0.5) is 26.3 Å². The Morgan fingerprint density at radius 2 is 1.01 bits per heavy atom. The second kappa shape index (κ2) is 32.1. The van der Waals surface area contributed by atoms with Crippen LogP contribution < -0.4 is 22.5 Å². The molecule has 12 aliphatic carbocycles. The van der Waals surface area contributed by atoms with Crippen LogP contribution in [-0.4, -0.2) is 113 Å². The van der Waals surface area contributed by atoms with Gasteiger partial charge in [0.05, 0.1) is 64.0 Å². The Morgan fingerprint density at radius 1 is 0.574 bits per heavy atom. The number of aromatic amines is 1. The predicted molar refractivity (Wildman–Crippen MR) is 385 cm³/mol. The standard InChI is InChI=1S/C29H31F3N6O3.C21H21F3N6O2.2C7H9ClO2.C6H8O2.CH2Cl2O3S/c1-3-9-38-26(40)23-25(36(4-2)27(38)41)34-24(37(23)10-8-22(39)28-12-19(13-28)14-28)20-15-33-35(17-20)16-18-6-5-7-21(11-18)29(30,31)32;1-3-8-30-19(31)16-18(29(4-2)20(30)32)27-17(26-16)14-10-25-28(12-14)11-13-6-5-7-15(9-13)21(22,23)24;2*8-4-10-6(9)7-1-5(2-7)3-7;7-5(8)6-1-4(2-6)3-6;2-1-6-7(3,4)5/h5-7,11,15,17,19H,3-4,8-10,12-14,16H2,1-2H3;5-7,9-10,12H,3-4,8,11H2,1-2H3,(H,26,27);2*5H,1-4H2;4H,1-3H2,(H,7,8);1H2. The zero-order valence-corrected chi connectivity index (χ0v) is 63.1. The van der Waals surface area contributed by atoms with Crippen molar-refractivity contribution in [1.29, 1.82) is 0 Å². The fourth-order valence-corrected chi connectivity index (χ4v) is 16.5. The van der Waals surface area contributed by atoms with E-state index in [1.165, 1.54) is 52.2 Å². The first-order valence-electron chi connectivity index (χ1n) is 35.3. The summed E-state index contributed by atoms with van der Waals surface area (Å²) >= 11 is 15.3. The number of imidazole rings is 2. The van der Waals surface area contributed by atoms with Crippen molar-refractivity contribution in [3.05, 3.63) is 137 Å². The number of carboxylic acids is 1. The van der Waals surface area contributed by atoms with Gasteiger partial charge in [0.15, 0.2) is 28.9 Å². The lowest BCUT2D eigenvalue weighted by Gasteiger charge is -2.60. The van der Waals surface area contributed by atoms with E-state index in [9.17, 15) is 73.1 Å². The molecule has 8 bridgehead atoms. The molecule has 6 heterocycles. The Kier molecular flexibility index (Phi) is 24.0. The summed E-state index contributed by atoms with van der Waals surface area (Å²) in [6.07, 6.45) is 10.9. The Bertz CT molecular complexity index is 4990. The number of rotatable bonds is 23. The van der Waals surface area contributed by atoms with Crippen LogP contribution in [0.1, 0.15) is 146 Å². The highest BCUT2D eigenvalue weighted by Gasteiger charge is 2.64. The molecule has 2 aromatic carbocycles. The number of aliphatic carboxylic acids is 1. The van der Waals surface area contributed by atoms with Crippen molar-refractivity contribution in [3.8, 4) is 22.8 Å². The summed E-state index contributed by atoms with van der Waals surface area (Å²) in [5.41, 5.74) is -0.846. The smallest absolute Gasteiger partial charge is 0.416 e. The highest BCUT2D eigenvalue weighted by molar-refractivity contribution is 8.10. The maximum absolute atomic E-state index is 13.6. The number of ether oxygens (including phenoxy) is 2. The number of Topliss-reactive ketones (excluding diaryl/α,β-unsaturated/α-hetero) is 1. The molecule has 26 nitrogen and oxygen atoms in total. The fourth-order valence-electron chi connectivity index (χ4n) is 15.6. The molecule has 2 N–H and O–H groups in total. The number of alkyl halides is 9. The number of hydrogen-bond acceptors (Lipinski definition) is 17. The maximum Gasteiger partial charge on any atom is 0.416 e. The third kappa shape index (κ3) is 16.7. The van der Waals surface area contributed by atoms with Crippen molar-refractivity contribution >= 4 is 101 Å². The van der Waals surface area contributed by atoms with Gasteiger partial charge in [-0.2, -0.15) is 45.0 Å². The van der Waals surface area contributed by atoms with Gasteiger partial charge in [-0.25, -0.2) is 23.7 Å². The van der Waals surface area contributed by atoms with Gasteiger partial charge in [0.2, 0.25) is 0 Å². The Morgan fingerprint density at radius 3 is 1.38 bits per heavy atom. The highest BCUT2D eigenvalue weighted by atomic mass is 35.7. The van der Waals surface area contributed by atoms with Crippen LogP contribution >= 0.6 is 45.5 Å². The minimum atomic E-state index is -4.45. The van der Waals surface area contributed by atoms with E-state index in [4.69, 9.17) is 54.4 Å². The van der Waals surface area contributed by atoms with Gasteiger partial charge in [-0.3, -0.25) is 56.4 Å². The number of carbonyl (C=O) groups excluding carboxylic acids is 3. The van der Waals surface area contributed by atoms with Crippen molar-refractivity contribution in [2.24, 2.45) is 45.3 Å². The number of aryl methyl sites for hydroxylation is 3. The number of carbonyl (C=O) groups is 4. The van der Waals surface area contributed by atoms with Gasteiger partial charge in [-0.15, -0.1) is 0 Å². The second-order valence-electron chi connectivity index (χ2n) is 29.0. The van der Waals surface area contributed by atoms with Crippen LogP contribution in [0.5, 0.6) is 0 Å². The van der Waals surface area contributed by atoms with Crippen molar-refractivity contribution in [2.45, 2.75) is 182 Å². The average molecular weight is 1610 g/mol. The molecule has 584 valence electrons. The summed E-state index contributed by atoms with van der Waals surface area (Å²) in [7, 11) is 0.665. The van der Waals surface area contributed by atoms with Gasteiger partial charge in [0, 0.05) is 67.6 Å². The fraction of sp³-hybridized carbons (Fsp3) is 0.549. The molecule has 37 heteroatoms. The van der Waals surface area contributed by atoms with Crippen molar-refractivity contribution < 1.29 is 72.7 Å². The molecule has 0 radical (unpaired) electrons. The first-order chi connectivity index (χ1) is 51.1. The van der Waals surface area contributed by atoms with E-state index in [0.717, 1.165) is 119 Å². The number of fused-ring (bicyclic) bond motifs is 2. The van der Waals surface area contributed by atoms with E-state index in [1.807, 2.05) is 13.8 Å². The van der Waals surface area contributed by atoms with Crippen LogP contribution in [0.25, 0.3) is 45.1 Å². The van der Waals surface area contributed by atoms with Crippen molar-refractivity contribution in [3.63, 3.8) is 0 Å². The maximum atomic E-state index is 13.6. The summed E-state index contributed by atoms with van der Waals surface area (Å²) in [6, 6.07) is 9.68. The van der Waals surface area contributed by atoms with Crippen LogP contribution in [0.15, 0.2) is 92.5 Å². The number of esters is 2. The minimum Gasteiger partial charge on any atom is -0.481 e. The summed E-state index contributed by atoms with van der Waals surface area (Å²) in [5.74, 6) is 3.28. The van der Waals surface area contributed by atoms with Gasteiger partial charge in [-0.05, 0) is 163 Å². The van der Waals surface area contributed by atoms with Crippen molar-refractivity contribution in [2.75, 3.05) is 18.2 Å². The lowest BCUT2D eigenvalue weighted by molar-refractivity contribution is -0.189. The van der Waals surface area contributed by atoms with Gasteiger partial charge >= 0.3 is 51.0 Å². The van der Waals surface area contributed by atoms with E-state index < -0.39 is 67.3 Å². The topological polar surface area (TPSA) is 320 Å². The molecule has 8 aromatic rings. The SMILES string of the molecule is CCCn1c(=O)c2[nH]c(-c3cnn(Cc4cccc(C(F)(F)F)c4)c3)nc2n(CC)c1=O.CCCn1c(=O)c2c(nc(-c3cnn(Cc4cccc(C(F)(F)F)c4)c3)n2CCC(=O)C23CC(C2)C3)n(CC)c1=O.O=C(O)C12CC(C1)C2.O=C(OCCl)C12CC(C1)C2.O=C(OCCl)C12CC(C1)C2.O=S(=O)(Cl)OCCl. The molecule has 0 spiro atoms. The van der Waals surface area contributed by atoms with E-state index in [2.05, 4.69) is 35.0 Å². The number of ketones is 1. The van der Waals surface area contributed by atoms with Crippen LogP contribution in [0.2, 0.25) is 0 Å². The van der Waals surface area contributed by atoms with Gasteiger partial charge < -0.3 is 24.1 Å². The highest BCUT2D eigenvalue weighted by Crippen LogP contribution is 2.67. The monoisotopic (exact) mass is 1610 g/mol. The number of H-pyrrole nitrogens is 1. The number of nitrogens with one attached hydrogen (secondary N) is 1. The molecule has 12 fully saturated rings. The normalized spacial score (nSPS) is 23.2. The van der Waals surface area contributed by atoms with Gasteiger partial charge in [0.1, 0.15) is 29.0 Å². The first kappa shape index (κ1) is 80.9. The molecule has 0 unspecified atom stereocenters. The number of nitrogens with zero attached hydrogens (tertiary/aromatic N) is 11. The molecule has 20 rings (SSSR count). The average Bonchev–Trinajstić information content (AvgIpc) is 1.05. The first-order valence-corrected chi connectivity index (χ1v) is 39.2. The number of aromatic nitrogens is 12. The quantitative estimate of drug-likeness (QED) is 0.0260. The molecule has 6 aromatic heterocycles. The molecule has 12 aliphatic rings. The number of benzene rings is 2. The zero-order chi connectivity index (χ0) is 78.2. The largest absolute Gasteiger partial charge is 0.481 e. The second-order valence-corrected chi connectivity index (χ2v) is 31.8.